The van der Waals surface area contributed by atoms with Crippen molar-refractivity contribution in [1.82, 2.24) is 19.9 Å². The molecule has 2 N–H and O–H groups in total. The number of pyridine rings is 1. The number of carbonyl (C=O) groups is 2. The van der Waals surface area contributed by atoms with Crippen LogP contribution in [0.25, 0.3) is 11.3 Å². The number of nitrogens with zero attached hydrogens (tertiary/aromatic N) is 4. The van der Waals surface area contributed by atoms with Gasteiger partial charge in [-0.2, -0.15) is 0 Å². The zero-order valence-corrected chi connectivity index (χ0v) is 16.6. The Morgan fingerprint density at radius 3 is 2.67 bits per heavy atom. The van der Waals surface area contributed by atoms with Gasteiger partial charge in [0.15, 0.2) is 0 Å². The molecule has 30 heavy (non-hydrogen) atoms. The van der Waals surface area contributed by atoms with Gasteiger partial charge in [0.05, 0.1) is 17.8 Å². The Morgan fingerprint density at radius 2 is 1.87 bits per heavy atom. The molecule has 0 spiro atoms. The molecular formula is C23H23N5O2. The Balaban J connectivity index is 1.56. The first-order chi connectivity index (χ1) is 14.6. The highest BCUT2D eigenvalue weighted by molar-refractivity contribution is 5.94. The predicted octanol–water partition coefficient (Wildman–Crippen LogP) is 2.59. The van der Waals surface area contributed by atoms with E-state index in [2.05, 4.69) is 15.0 Å². The van der Waals surface area contributed by atoms with Crippen molar-refractivity contribution < 1.29 is 9.59 Å². The number of aromatic nitrogens is 3. The number of benzene rings is 1. The van der Waals surface area contributed by atoms with E-state index in [-0.39, 0.29) is 11.8 Å². The first-order valence-corrected chi connectivity index (χ1v) is 9.99. The van der Waals surface area contributed by atoms with Gasteiger partial charge in [-0.25, -0.2) is 0 Å². The van der Waals surface area contributed by atoms with Gasteiger partial charge in [-0.3, -0.25) is 24.5 Å². The molecule has 152 valence electrons. The molecule has 0 saturated carbocycles. The molecule has 0 radical (unpaired) electrons. The Labute approximate surface area is 175 Å². The lowest BCUT2D eigenvalue weighted by Gasteiger charge is -2.33. The second kappa shape index (κ2) is 8.82. The maximum absolute atomic E-state index is 12.8. The van der Waals surface area contributed by atoms with Crippen molar-refractivity contribution in [3.63, 3.8) is 0 Å². The third-order valence-electron chi connectivity index (χ3n) is 5.41. The number of primary amides is 1. The van der Waals surface area contributed by atoms with Crippen LogP contribution in [0.15, 0.2) is 61.2 Å². The van der Waals surface area contributed by atoms with Gasteiger partial charge in [0.25, 0.3) is 0 Å². The van der Waals surface area contributed by atoms with E-state index in [4.69, 9.17) is 5.73 Å². The Kier molecular flexibility index (Phi) is 5.79. The molecule has 1 saturated heterocycles. The van der Waals surface area contributed by atoms with Crippen LogP contribution >= 0.6 is 0 Å². The average Bonchev–Trinajstić information content (AvgIpc) is 2.80. The van der Waals surface area contributed by atoms with E-state index in [1.165, 1.54) is 0 Å². The molecule has 7 heteroatoms. The monoisotopic (exact) mass is 401 g/mol. The average molecular weight is 401 g/mol. The van der Waals surface area contributed by atoms with Crippen molar-refractivity contribution in [1.29, 1.82) is 0 Å². The van der Waals surface area contributed by atoms with Crippen LogP contribution in [-0.4, -0.2) is 44.8 Å². The molecule has 1 aliphatic rings. The fourth-order valence-electron chi connectivity index (χ4n) is 3.90. The van der Waals surface area contributed by atoms with Crippen molar-refractivity contribution in [2.45, 2.75) is 25.2 Å². The lowest BCUT2D eigenvalue weighted by Crippen LogP contribution is -2.40. The summed E-state index contributed by atoms with van der Waals surface area (Å²) in [6.45, 7) is 1.35. The molecule has 1 aliphatic heterocycles. The van der Waals surface area contributed by atoms with Crippen molar-refractivity contribution in [2.75, 3.05) is 13.1 Å². The van der Waals surface area contributed by atoms with Crippen molar-refractivity contribution in [3.05, 3.63) is 78.0 Å². The normalized spacial score (nSPS) is 16.3. The fraction of sp³-hybridized carbons (Fsp3) is 0.261. The van der Waals surface area contributed by atoms with E-state index in [0.717, 1.165) is 41.9 Å². The van der Waals surface area contributed by atoms with Gasteiger partial charge in [-0.05, 0) is 42.7 Å². The van der Waals surface area contributed by atoms with Crippen LogP contribution in [0.4, 0.5) is 0 Å². The molecule has 3 aromatic rings. The molecule has 4 rings (SSSR count). The third-order valence-corrected chi connectivity index (χ3v) is 5.41. The van der Waals surface area contributed by atoms with Gasteiger partial charge in [0.1, 0.15) is 0 Å². The van der Waals surface area contributed by atoms with Gasteiger partial charge >= 0.3 is 0 Å². The summed E-state index contributed by atoms with van der Waals surface area (Å²) in [5, 5.41) is 0. The maximum Gasteiger partial charge on any atom is 0.248 e. The molecule has 1 fully saturated rings. The van der Waals surface area contributed by atoms with E-state index in [9.17, 15) is 9.59 Å². The van der Waals surface area contributed by atoms with E-state index >= 15 is 0 Å². The van der Waals surface area contributed by atoms with Gasteiger partial charge in [-0.1, -0.05) is 12.1 Å². The summed E-state index contributed by atoms with van der Waals surface area (Å²) in [6, 6.07) is 10.8. The molecule has 1 aromatic carbocycles. The van der Waals surface area contributed by atoms with Crippen LogP contribution < -0.4 is 5.73 Å². The summed E-state index contributed by atoms with van der Waals surface area (Å²) in [5.41, 5.74) is 9.20. The minimum absolute atomic E-state index is 0.0843. The van der Waals surface area contributed by atoms with E-state index < -0.39 is 5.91 Å². The molecule has 7 nitrogen and oxygen atoms in total. The summed E-state index contributed by atoms with van der Waals surface area (Å²) in [4.78, 5) is 39.5. The quantitative estimate of drug-likeness (QED) is 0.708. The minimum atomic E-state index is -0.479. The summed E-state index contributed by atoms with van der Waals surface area (Å²) >= 11 is 0. The van der Waals surface area contributed by atoms with Gasteiger partial charge in [0, 0.05) is 54.9 Å². The molecule has 0 bridgehead atoms. The fourth-order valence-corrected chi connectivity index (χ4v) is 3.90. The lowest BCUT2D eigenvalue weighted by atomic mass is 9.91. The zero-order chi connectivity index (χ0) is 20.9. The van der Waals surface area contributed by atoms with Crippen molar-refractivity contribution >= 4 is 11.8 Å². The SMILES string of the molecule is NC(=O)c1cccc(-c2nccnc2[C@@H]2CCCN(C(=O)Cc3ccncc3)C2)c1. The topological polar surface area (TPSA) is 102 Å². The molecule has 1 atom stereocenters. The van der Waals surface area contributed by atoms with Crippen LogP contribution in [0.2, 0.25) is 0 Å². The van der Waals surface area contributed by atoms with Crippen LogP contribution in [0.3, 0.4) is 0 Å². The number of rotatable bonds is 5. The van der Waals surface area contributed by atoms with Gasteiger partial charge < -0.3 is 10.6 Å². The Morgan fingerprint density at radius 1 is 1.07 bits per heavy atom. The molecule has 0 unspecified atom stereocenters. The summed E-state index contributed by atoms with van der Waals surface area (Å²) in [7, 11) is 0. The van der Waals surface area contributed by atoms with Crippen molar-refractivity contribution in [2.24, 2.45) is 5.73 Å². The predicted molar refractivity (Wildman–Crippen MR) is 112 cm³/mol. The highest BCUT2D eigenvalue weighted by atomic mass is 16.2. The van der Waals surface area contributed by atoms with E-state index in [1.807, 2.05) is 23.1 Å². The smallest absolute Gasteiger partial charge is 0.248 e. The number of likely N-dealkylation sites (tertiary alicyclic amines) is 1. The first-order valence-electron chi connectivity index (χ1n) is 9.99. The van der Waals surface area contributed by atoms with Crippen LogP contribution in [-0.2, 0) is 11.2 Å². The first kappa shape index (κ1) is 19.7. The highest BCUT2D eigenvalue weighted by Crippen LogP contribution is 2.32. The number of piperidine rings is 1. The van der Waals surface area contributed by atoms with E-state index in [1.54, 1.807) is 43.0 Å². The molecule has 2 aromatic heterocycles. The number of hydrogen-bond donors (Lipinski definition) is 1. The largest absolute Gasteiger partial charge is 0.366 e. The molecule has 2 amide bonds. The Hall–Kier alpha value is -3.61. The second-order valence-electron chi connectivity index (χ2n) is 7.45. The summed E-state index contributed by atoms with van der Waals surface area (Å²) in [6.07, 6.45) is 8.92. The number of carbonyl (C=O) groups excluding carboxylic acids is 2. The highest BCUT2D eigenvalue weighted by Gasteiger charge is 2.28. The number of hydrogen-bond acceptors (Lipinski definition) is 5. The second-order valence-corrected chi connectivity index (χ2v) is 7.45. The summed E-state index contributed by atoms with van der Waals surface area (Å²) < 4.78 is 0. The van der Waals surface area contributed by atoms with Gasteiger partial charge in [0.2, 0.25) is 11.8 Å². The van der Waals surface area contributed by atoms with Gasteiger partial charge in [-0.15, -0.1) is 0 Å². The standard InChI is InChI=1S/C23H23N5O2/c24-23(30)18-4-1-3-17(14-18)21-22(27-11-10-26-21)19-5-2-12-28(15-19)20(29)13-16-6-8-25-9-7-16/h1,3-4,6-11,14,19H,2,5,12-13,15H2,(H2,24,30)/t19-/m1/s1. The number of nitrogens with two attached hydrogens (primary N) is 1. The molecular weight excluding hydrogens is 378 g/mol. The van der Waals surface area contributed by atoms with Crippen molar-refractivity contribution in [3.8, 4) is 11.3 Å². The van der Waals surface area contributed by atoms with E-state index in [0.29, 0.717) is 18.5 Å². The molecule has 3 heterocycles. The lowest BCUT2D eigenvalue weighted by molar-refractivity contribution is -0.131. The summed E-state index contributed by atoms with van der Waals surface area (Å²) in [5.74, 6) is -0.291. The number of amides is 2. The van der Waals surface area contributed by atoms with Crippen LogP contribution in [0.1, 0.15) is 40.4 Å². The minimum Gasteiger partial charge on any atom is -0.366 e. The zero-order valence-electron chi connectivity index (χ0n) is 16.6. The Bertz CT molecular complexity index is 1050. The van der Waals surface area contributed by atoms with Crippen LogP contribution in [0.5, 0.6) is 0 Å². The maximum atomic E-state index is 12.8. The third kappa shape index (κ3) is 4.35. The molecule has 0 aliphatic carbocycles. The van der Waals surface area contributed by atoms with Crippen LogP contribution in [0, 0.1) is 0 Å².